The van der Waals surface area contributed by atoms with Crippen LogP contribution in [0.4, 0.5) is 0 Å². The number of rotatable bonds is 7. The molecule has 0 spiro atoms. The number of unbranched alkanes of at least 4 members (excludes halogenated alkanes) is 1. The van der Waals surface area contributed by atoms with Gasteiger partial charge in [0.2, 0.25) is 5.91 Å². The Labute approximate surface area is 94.0 Å². The molecule has 0 saturated carbocycles. The second kappa shape index (κ2) is 7.69. The topological polar surface area (TPSA) is 46.3 Å². The fourth-order valence-electron chi connectivity index (χ4n) is 1.62. The lowest BCUT2D eigenvalue weighted by Crippen LogP contribution is -2.44. The molecule has 0 aromatic carbocycles. The van der Waals surface area contributed by atoms with Crippen LogP contribution in [-0.4, -0.2) is 29.9 Å². The average molecular weight is 214 g/mol. The summed E-state index contributed by atoms with van der Waals surface area (Å²) in [6, 6.07) is -0.318. The van der Waals surface area contributed by atoms with Crippen LogP contribution in [0, 0.1) is 5.92 Å². The number of nitrogens with two attached hydrogens (primary N) is 1. The van der Waals surface area contributed by atoms with Crippen LogP contribution in [-0.2, 0) is 4.79 Å². The summed E-state index contributed by atoms with van der Waals surface area (Å²) >= 11 is 0. The van der Waals surface area contributed by atoms with Gasteiger partial charge in [0, 0.05) is 13.1 Å². The summed E-state index contributed by atoms with van der Waals surface area (Å²) in [5.41, 5.74) is 5.88. The summed E-state index contributed by atoms with van der Waals surface area (Å²) < 4.78 is 0. The van der Waals surface area contributed by atoms with Crippen molar-refractivity contribution in [3.8, 4) is 0 Å². The van der Waals surface area contributed by atoms with Crippen molar-refractivity contribution in [3.05, 3.63) is 0 Å². The van der Waals surface area contributed by atoms with E-state index in [1.54, 1.807) is 0 Å². The Hall–Kier alpha value is -0.570. The van der Waals surface area contributed by atoms with Crippen LogP contribution in [0.1, 0.15) is 47.0 Å². The molecule has 3 nitrogen and oxygen atoms in total. The predicted molar refractivity (Wildman–Crippen MR) is 64.6 cm³/mol. The maximum Gasteiger partial charge on any atom is 0.239 e. The molecule has 0 aliphatic carbocycles. The van der Waals surface area contributed by atoms with E-state index in [9.17, 15) is 4.79 Å². The minimum absolute atomic E-state index is 0.111. The van der Waals surface area contributed by atoms with Gasteiger partial charge in [-0.05, 0) is 25.7 Å². The Kier molecular flexibility index (Phi) is 7.39. The third-order valence-electron chi connectivity index (χ3n) is 2.52. The van der Waals surface area contributed by atoms with Crippen molar-refractivity contribution in [1.82, 2.24) is 4.90 Å². The molecule has 0 rings (SSSR count). The van der Waals surface area contributed by atoms with Crippen molar-refractivity contribution in [2.75, 3.05) is 13.1 Å². The minimum Gasteiger partial charge on any atom is -0.342 e. The van der Waals surface area contributed by atoms with Gasteiger partial charge in [0.1, 0.15) is 0 Å². The Morgan fingerprint density at radius 1 is 1.33 bits per heavy atom. The average Bonchev–Trinajstić information content (AvgIpc) is 2.17. The van der Waals surface area contributed by atoms with Gasteiger partial charge in [-0.3, -0.25) is 4.79 Å². The van der Waals surface area contributed by atoms with Gasteiger partial charge in [-0.1, -0.05) is 27.2 Å². The van der Waals surface area contributed by atoms with Gasteiger partial charge >= 0.3 is 0 Å². The monoisotopic (exact) mass is 214 g/mol. The van der Waals surface area contributed by atoms with Crippen LogP contribution in [0.2, 0.25) is 0 Å². The van der Waals surface area contributed by atoms with Crippen molar-refractivity contribution in [1.29, 1.82) is 0 Å². The van der Waals surface area contributed by atoms with E-state index in [1.165, 1.54) is 0 Å². The molecule has 0 aromatic rings. The van der Waals surface area contributed by atoms with Gasteiger partial charge in [-0.15, -0.1) is 0 Å². The zero-order valence-electron chi connectivity index (χ0n) is 10.6. The first-order valence-electron chi connectivity index (χ1n) is 6.07. The smallest absolute Gasteiger partial charge is 0.239 e. The van der Waals surface area contributed by atoms with E-state index in [2.05, 4.69) is 20.8 Å². The van der Waals surface area contributed by atoms with Gasteiger partial charge in [-0.2, -0.15) is 0 Å². The maximum absolute atomic E-state index is 11.9. The van der Waals surface area contributed by atoms with Crippen LogP contribution < -0.4 is 5.73 Å². The van der Waals surface area contributed by atoms with E-state index in [-0.39, 0.29) is 11.9 Å². The van der Waals surface area contributed by atoms with Gasteiger partial charge in [0.15, 0.2) is 0 Å². The van der Waals surface area contributed by atoms with E-state index in [1.807, 2.05) is 11.8 Å². The molecule has 2 N–H and O–H groups in total. The van der Waals surface area contributed by atoms with Crippen LogP contribution >= 0.6 is 0 Å². The Balaban J connectivity index is 4.11. The predicted octanol–water partition coefficient (Wildman–Crippen LogP) is 2.01. The third kappa shape index (κ3) is 5.78. The zero-order valence-corrected chi connectivity index (χ0v) is 10.6. The SMILES string of the molecule is CCCCN(CC)C(=O)[C@@H](N)CC(C)C. The molecule has 1 amide bonds. The van der Waals surface area contributed by atoms with E-state index in [0.717, 1.165) is 32.4 Å². The van der Waals surface area contributed by atoms with Crippen molar-refractivity contribution in [2.45, 2.75) is 53.0 Å². The molecule has 0 heterocycles. The summed E-state index contributed by atoms with van der Waals surface area (Å²) in [4.78, 5) is 13.8. The maximum atomic E-state index is 11.9. The molecule has 0 aliphatic heterocycles. The Bertz CT molecular complexity index is 180. The van der Waals surface area contributed by atoms with Crippen LogP contribution in [0.5, 0.6) is 0 Å². The summed E-state index contributed by atoms with van der Waals surface area (Å²) in [5, 5.41) is 0. The normalized spacial score (nSPS) is 12.9. The van der Waals surface area contributed by atoms with Crippen molar-refractivity contribution in [2.24, 2.45) is 11.7 Å². The number of likely N-dealkylation sites (N-methyl/N-ethyl adjacent to an activating group) is 1. The molecule has 0 aliphatic rings. The number of hydrogen-bond acceptors (Lipinski definition) is 2. The van der Waals surface area contributed by atoms with Crippen LogP contribution in [0.15, 0.2) is 0 Å². The van der Waals surface area contributed by atoms with Gasteiger partial charge in [-0.25, -0.2) is 0 Å². The van der Waals surface area contributed by atoms with Gasteiger partial charge in [0.25, 0.3) is 0 Å². The molecule has 3 heteroatoms. The van der Waals surface area contributed by atoms with Crippen molar-refractivity contribution in [3.63, 3.8) is 0 Å². The van der Waals surface area contributed by atoms with E-state index in [4.69, 9.17) is 5.73 Å². The highest BCUT2D eigenvalue weighted by Crippen LogP contribution is 2.06. The molecule has 0 bridgehead atoms. The number of amides is 1. The standard InChI is InChI=1S/C12H26N2O/c1-5-7-8-14(6-2)12(15)11(13)9-10(3)4/h10-11H,5-9,13H2,1-4H3/t11-/m0/s1. The molecule has 0 fully saturated rings. The van der Waals surface area contributed by atoms with E-state index >= 15 is 0 Å². The second-order valence-electron chi connectivity index (χ2n) is 4.51. The van der Waals surface area contributed by atoms with Crippen molar-refractivity contribution < 1.29 is 4.79 Å². The quantitative estimate of drug-likeness (QED) is 0.704. The number of carbonyl (C=O) groups is 1. The molecule has 1 atom stereocenters. The molecular weight excluding hydrogens is 188 g/mol. The molecule has 90 valence electrons. The second-order valence-corrected chi connectivity index (χ2v) is 4.51. The summed E-state index contributed by atoms with van der Waals surface area (Å²) in [6.07, 6.45) is 2.96. The lowest BCUT2D eigenvalue weighted by atomic mass is 10.0. The minimum atomic E-state index is -0.318. The van der Waals surface area contributed by atoms with Crippen LogP contribution in [0.25, 0.3) is 0 Å². The first-order valence-corrected chi connectivity index (χ1v) is 6.07. The lowest BCUT2D eigenvalue weighted by molar-refractivity contribution is -0.132. The first kappa shape index (κ1) is 14.4. The molecule has 0 radical (unpaired) electrons. The highest BCUT2D eigenvalue weighted by atomic mass is 16.2. The summed E-state index contributed by atoms with van der Waals surface area (Å²) in [5.74, 6) is 0.591. The molecule has 0 unspecified atom stereocenters. The van der Waals surface area contributed by atoms with Crippen LogP contribution in [0.3, 0.4) is 0 Å². The van der Waals surface area contributed by atoms with Gasteiger partial charge < -0.3 is 10.6 Å². The fourth-order valence-corrected chi connectivity index (χ4v) is 1.62. The number of carbonyl (C=O) groups excluding carboxylic acids is 1. The highest BCUT2D eigenvalue weighted by molar-refractivity contribution is 5.81. The zero-order chi connectivity index (χ0) is 11.8. The number of nitrogens with zero attached hydrogens (tertiary/aromatic N) is 1. The molecule has 0 saturated heterocycles. The molecule has 15 heavy (non-hydrogen) atoms. The molecule has 0 aromatic heterocycles. The largest absolute Gasteiger partial charge is 0.342 e. The van der Waals surface area contributed by atoms with E-state index < -0.39 is 0 Å². The number of hydrogen-bond donors (Lipinski definition) is 1. The Morgan fingerprint density at radius 2 is 1.93 bits per heavy atom. The summed E-state index contributed by atoms with van der Waals surface area (Å²) in [7, 11) is 0. The first-order chi connectivity index (χ1) is 7.02. The van der Waals surface area contributed by atoms with Crippen molar-refractivity contribution >= 4 is 5.91 Å². The van der Waals surface area contributed by atoms with E-state index in [0.29, 0.717) is 5.92 Å². The Morgan fingerprint density at radius 3 is 2.33 bits per heavy atom. The molecular formula is C12H26N2O. The third-order valence-corrected chi connectivity index (χ3v) is 2.52. The lowest BCUT2D eigenvalue weighted by Gasteiger charge is -2.25. The fraction of sp³-hybridized carbons (Fsp3) is 0.917. The van der Waals surface area contributed by atoms with Gasteiger partial charge in [0.05, 0.1) is 6.04 Å². The highest BCUT2D eigenvalue weighted by Gasteiger charge is 2.19. The summed E-state index contributed by atoms with van der Waals surface area (Å²) in [6.45, 7) is 9.94.